The molecule has 2 fully saturated rings. The predicted molar refractivity (Wildman–Crippen MR) is 93.0 cm³/mol. The summed E-state index contributed by atoms with van der Waals surface area (Å²) in [5, 5.41) is 2.07. The van der Waals surface area contributed by atoms with Gasteiger partial charge >= 0.3 is 6.09 Å². The van der Waals surface area contributed by atoms with Crippen LogP contribution in [0.5, 0.6) is 0 Å². The zero-order chi connectivity index (χ0) is 16.9. The number of amides is 2. The molecule has 0 aliphatic carbocycles. The molecule has 2 aliphatic rings. The molecule has 2 saturated heterocycles. The zero-order valence-electron chi connectivity index (χ0n) is 14.1. The third-order valence-electron chi connectivity index (χ3n) is 4.70. The van der Waals surface area contributed by atoms with Crippen LogP contribution in [-0.2, 0) is 9.53 Å². The number of hydrogen-bond acceptors (Lipinski definition) is 5. The number of carbonyl (C=O) groups excluding carboxylic acids is 2. The lowest BCUT2D eigenvalue weighted by atomic mass is 10.2. The lowest BCUT2D eigenvalue weighted by molar-refractivity contribution is -0.133. The van der Waals surface area contributed by atoms with Gasteiger partial charge in [-0.15, -0.1) is 11.3 Å². The van der Waals surface area contributed by atoms with Crippen LogP contribution in [0.1, 0.15) is 30.7 Å². The van der Waals surface area contributed by atoms with Gasteiger partial charge in [0.15, 0.2) is 0 Å². The van der Waals surface area contributed by atoms with E-state index in [9.17, 15) is 9.59 Å². The highest BCUT2D eigenvalue weighted by atomic mass is 32.1. The summed E-state index contributed by atoms with van der Waals surface area (Å²) in [6.07, 6.45) is 1.88. The quantitative estimate of drug-likeness (QED) is 0.834. The first-order valence-corrected chi connectivity index (χ1v) is 9.54. The molecule has 3 heterocycles. The van der Waals surface area contributed by atoms with E-state index in [2.05, 4.69) is 22.4 Å². The van der Waals surface area contributed by atoms with E-state index < -0.39 is 0 Å². The van der Waals surface area contributed by atoms with Gasteiger partial charge in [0.2, 0.25) is 5.91 Å². The van der Waals surface area contributed by atoms with Crippen LogP contribution >= 0.6 is 11.3 Å². The molecule has 1 aromatic heterocycles. The first-order valence-electron chi connectivity index (χ1n) is 8.66. The van der Waals surface area contributed by atoms with Crippen LogP contribution in [0, 0.1) is 0 Å². The van der Waals surface area contributed by atoms with E-state index in [-0.39, 0.29) is 18.0 Å². The van der Waals surface area contributed by atoms with Gasteiger partial charge in [-0.1, -0.05) is 6.07 Å². The number of hydrogen-bond donors (Lipinski definition) is 0. The molecule has 1 atom stereocenters. The van der Waals surface area contributed by atoms with Crippen molar-refractivity contribution in [2.45, 2.75) is 25.8 Å². The minimum absolute atomic E-state index is 0.204. The normalized spacial score (nSPS) is 22.0. The van der Waals surface area contributed by atoms with Crippen LogP contribution in [0.15, 0.2) is 17.5 Å². The second kappa shape index (κ2) is 7.98. The SMILES string of the molecule is CCOC(=O)N1CCN(CC(=O)N2CCCC2c2cccs2)CC1. The third-order valence-corrected chi connectivity index (χ3v) is 5.68. The van der Waals surface area contributed by atoms with Gasteiger partial charge in [0.25, 0.3) is 0 Å². The van der Waals surface area contributed by atoms with Crippen molar-refractivity contribution in [3.05, 3.63) is 22.4 Å². The average molecular weight is 351 g/mol. The zero-order valence-corrected chi connectivity index (χ0v) is 15.0. The average Bonchev–Trinajstić information content (AvgIpc) is 3.26. The lowest BCUT2D eigenvalue weighted by Crippen LogP contribution is -2.51. The van der Waals surface area contributed by atoms with Gasteiger partial charge in [0.1, 0.15) is 0 Å². The Morgan fingerprint density at radius 1 is 1.25 bits per heavy atom. The third kappa shape index (κ3) is 3.89. The van der Waals surface area contributed by atoms with Crippen molar-refractivity contribution in [1.29, 1.82) is 0 Å². The van der Waals surface area contributed by atoms with Gasteiger partial charge < -0.3 is 14.5 Å². The van der Waals surface area contributed by atoms with Gasteiger partial charge in [-0.25, -0.2) is 4.79 Å². The Balaban J connectivity index is 1.50. The summed E-state index contributed by atoms with van der Waals surface area (Å²) in [6, 6.07) is 4.42. The second-order valence-electron chi connectivity index (χ2n) is 6.22. The molecular formula is C17H25N3O3S. The van der Waals surface area contributed by atoms with Gasteiger partial charge in [-0.2, -0.15) is 0 Å². The summed E-state index contributed by atoms with van der Waals surface area (Å²) >= 11 is 1.73. The standard InChI is InChI=1S/C17H25N3O3S/c1-2-23-17(22)19-10-8-18(9-11-19)13-16(21)20-7-3-5-14(20)15-6-4-12-24-15/h4,6,12,14H,2-3,5,7-11,13H2,1H3. The molecule has 2 aliphatic heterocycles. The van der Waals surface area contributed by atoms with Crippen LogP contribution in [0.3, 0.4) is 0 Å². The maximum atomic E-state index is 12.7. The van der Waals surface area contributed by atoms with Gasteiger partial charge in [0, 0.05) is 37.6 Å². The molecule has 6 nitrogen and oxygen atoms in total. The number of ether oxygens (including phenoxy) is 1. The molecule has 0 radical (unpaired) electrons. The second-order valence-corrected chi connectivity index (χ2v) is 7.20. The molecule has 1 aromatic rings. The first kappa shape index (κ1) is 17.2. The van der Waals surface area contributed by atoms with E-state index in [1.165, 1.54) is 4.88 Å². The monoisotopic (exact) mass is 351 g/mol. The molecule has 0 spiro atoms. The van der Waals surface area contributed by atoms with E-state index in [0.717, 1.165) is 32.5 Å². The summed E-state index contributed by atoms with van der Waals surface area (Å²) in [5.74, 6) is 0.204. The molecule has 24 heavy (non-hydrogen) atoms. The summed E-state index contributed by atoms with van der Waals surface area (Å²) in [5.41, 5.74) is 0. The van der Waals surface area contributed by atoms with Crippen molar-refractivity contribution in [2.24, 2.45) is 0 Å². The summed E-state index contributed by atoms with van der Waals surface area (Å²) < 4.78 is 5.03. The Morgan fingerprint density at radius 2 is 2.04 bits per heavy atom. The van der Waals surface area contributed by atoms with Crippen LogP contribution in [0.4, 0.5) is 4.79 Å². The fraction of sp³-hybridized carbons (Fsp3) is 0.647. The molecule has 0 bridgehead atoms. The van der Waals surface area contributed by atoms with E-state index in [0.29, 0.717) is 26.2 Å². The number of nitrogens with zero attached hydrogens (tertiary/aromatic N) is 3. The van der Waals surface area contributed by atoms with E-state index >= 15 is 0 Å². The topological polar surface area (TPSA) is 53.1 Å². The number of carbonyl (C=O) groups is 2. The lowest BCUT2D eigenvalue weighted by Gasteiger charge is -2.35. The molecule has 7 heteroatoms. The van der Waals surface area contributed by atoms with Gasteiger partial charge in [-0.05, 0) is 31.2 Å². The summed E-state index contributed by atoms with van der Waals surface area (Å²) in [6.45, 7) is 6.21. The van der Waals surface area contributed by atoms with E-state index in [1.807, 2.05) is 11.8 Å². The number of piperazine rings is 1. The molecule has 2 amide bonds. The van der Waals surface area contributed by atoms with E-state index in [1.54, 1.807) is 16.2 Å². The molecule has 0 aromatic carbocycles. The number of likely N-dealkylation sites (tertiary alicyclic amines) is 1. The number of thiophene rings is 1. The molecule has 132 valence electrons. The predicted octanol–water partition coefficient (Wildman–Crippen LogP) is 2.19. The molecule has 1 unspecified atom stereocenters. The highest BCUT2D eigenvalue weighted by Crippen LogP contribution is 2.34. The van der Waals surface area contributed by atoms with Crippen molar-refractivity contribution in [2.75, 3.05) is 45.9 Å². The fourth-order valence-corrected chi connectivity index (χ4v) is 4.30. The first-order chi connectivity index (χ1) is 11.7. The summed E-state index contributed by atoms with van der Waals surface area (Å²) in [4.78, 5) is 31.6. The Kier molecular flexibility index (Phi) is 5.73. The van der Waals surface area contributed by atoms with Crippen LogP contribution < -0.4 is 0 Å². The van der Waals surface area contributed by atoms with Crippen molar-refractivity contribution < 1.29 is 14.3 Å². The Labute approximate surface area is 147 Å². The largest absolute Gasteiger partial charge is 0.450 e. The highest BCUT2D eigenvalue weighted by Gasteiger charge is 2.32. The fourth-order valence-electron chi connectivity index (χ4n) is 3.43. The Morgan fingerprint density at radius 3 is 2.71 bits per heavy atom. The van der Waals surface area contributed by atoms with Crippen molar-refractivity contribution >= 4 is 23.3 Å². The molecule has 0 N–H and O–H groups in total. The molecule has 0 saturated carbocycles. The van der Waals surface area contributed by atoms with Crippen molar-refractivity contribution in [3.63, 3.8) is 0 Å². The van der Waals surface area contributed by atoms with Crippen molar-refractivity contribution in [1.82, 2.24) is 14.7 Å². The van der Waals surface area contributed by atoms with Crippen molar-refractivity contribution in [3.8, 4) is 0 Å². The molecular weight excluding hydrogens is 326 g/mol. The van der Waals surface area contributed by atoms with Crippen LogP contribution in [-0.4, -0.2) is 72.6 Å². The summed E-state index contributed by atoms with van der Waals surface area (Å²) in [7, 11) is 0. The smallest absolute Gasteiger partial charge is 0.409 e. The number of rotatable bonds is 4. The maximum Gasteiger partial charge on any atom is 0.409 e. The Hall–Kier alpha value is -1.60. The minimum atomic E-state index is -0.249. The van der Waals surface area contributed by atoms with E-state index in [4.69, 9.17) is 4.74 Å². The maximum absolute atomic E-state index is 12.7. The highest BCUT2D eigenvalue weighted by molar-refractivity contribution is 7.10. The van der Waals surface area contributed by atoms with Gasteiger partial charge in [0.05, 0.1) is 19.2 Å². The van der Waals surface area contributed by atoms with Crippen LogP contribution in [0.25, 0.3) is 0 Å². The van der Waals surface area contributed by atoms with Gasteiger partial charge in [-0.3, -0.25) is 9.69 Å². The minimum Gasteiger partial charge on any atom is -0.450 e. The molecule has 3 rings (SSSR count). The Bertz CT molecular complexity index is 555. The van der Waals surface area contributed by atoms with Crippen LogP contribution in [0.2, 0.25) is 0 Å².